The van der Waals surface area contributed by atoms with Gasteiger partial charge < -0.3 is 10.5 Å². The number of carbonyl (C=O) groups is 2. The number of allylic oxidation sites excluding steroid dienone is 2. The van der Waals surface area contributed by atoms with Gasteiger partial charge in [-0.3, -0.25) is 9.59 Å². The maximum Gasteiger partial charge on any atom is 0.222 e. The zero-order valence-electron chi connectivity index (χ0n) is 14.7. The van der Waals surface area contributed by atoms with Crippen LogP contribution < -0.4 is 10.5 Å². The van der Waals surface area contributed by atoms with Crippen LogP contribution >= 0.6 is 12.6 Å². The number of thiol groups is 1. The lowest BCUT2D eigenvalue weighted by Gasteiger charge is -2.31. The SMILES string of the molecule is C=C=C(CC(N)=O)[C@H]1CC/C1=C/CC(=O)c1ccc(OCC=C)c(S)c1. The molecular weight excluding hydrogens is 346 g/mol. The summed E-state index contributed by atoms with van der Waals surface area (Å²) in [5.74, 6) is 0.364. The minimum absolute atomic E-state index is 0.00718. The molecule has 1 amide bonds. The van der Waals surface area contributed by atoms with Crippen molar-refractivity contribution in [1.29, 1.82) is 0 Å². The predicted octanol–water partition coefficient (Wildman–Crippen LogP) is 4.04. The van der Waals surface area contributed by atoms with Gasteiger partial charge in [-0.2, -0.15) is 0 Å². The van der Waals surface area contributed by atoms with Crippen LogP contribution in [0.2, 0.25) is 0 Å². The fourth-order valence-corrected chi connectivity index (χ4v) is 3.18. The number of rotatable bonds is 9. The average molecular weight is 369 g/mol. The summed E-state index contributed by atoms with van der Waals surface area (Å²) in [7, 11) is 0. The van der Waals surface area contributed by atoms with Crippen molar-refractivity contribution in [2.45, 2.75) is 30.6 Å². The molecule has 0 spiro atoms. The standard InChI is InChI=1S/C21H23NO3S/c1-3-11-25-19-10-7-16(12-20(19)26)18(23)9-6-15-5-8-17(15)14(4-2)13-21(22)24/h3,6-7,10,12,17,26H,1-2,5,8-9,11,13H2,(H2,22,24)/b15-6-/t17-/m1/s1. The van der Waals surface area contributed by atoms with Crippen LogP contribution in [0.3, 0.4) is 0 Å². The Balaban J connectivity index is 2.02. The topological polar surface area (TPSA) is 69.4 Å². The molecule has 0 radical (unpaired) electrons. The van der Waals surface area contributed by atoms with Gasteiger partial charge in [0, 0.05) is 22.8 Å². The number of hydrogen-bond acceptors (Lipinski definition) is 4. The first-order valence-electron chi connectivity index (χ1n) is 8.42. The Hall–Kier alpha value is -2.49. The molecule has 1 aliphatic rings. The van der Waals surface area contributed by atoms with Gasteiger partial charge in [0.25, 0.3) is 0 Å². The minimum atomic E-state index is -0.390. The summed E-state index contributed by atoms with van der Waals surface area (Å²) in [5.41, 5.74) is 10.6. The summed E-state index contributed by atoms with van der Waals surface area (Å²) in [6, 6.07) is 5.19. The third-order valence-electron chi connectivity index (χ3n) is 4.37. The third-order valence-corrected chi connectivity index (χ3v) is 4.72. The summed E-state index contributed by atoms with van der Waals surface area (Å²) in [6.45, 7) is 7.63. The highest BCUT2D eigenvalue weighted by atomic mass is 32.1. The smallest absolute Gasteiger partial charge is 0.222 e. The molecule has 5 heteroatoms. The van der Waals surface area contributed by atoms with E-state index in [1.54, 1.807) is 24.3 Å². The van der Waals surface area contributed by atoms with Crippen LogP contribution in [0.4, 0.5) is 0 Å². The van der Waals surface area contributed by atoms with Crippen LogP contribution in [0.1, 0.15) is 36.0 Å². The Morgan fingerprint density at radius 1 is 1.42 bits per heavy atom. The van der Waals surface area contributed by atoms with Gasteiger partial charge in [-0.05, 0) is 36.6 Å². The molecule has 0 unspecified atom stereocenters. The lowest BCUT2D eigenvalue weighted by atomic mass is 9.73. The van der Waals surface area contributed by atoms with E-state index in [9.17, 15) is 9.59 Å². The zero-order chi connectivity index (χ0) is 19.1. The molecule has 0 bridgehead atoms. The normalized spacial score (nSPS) is 17.1. The van der Waals surface area contributed by atoms with Crippen molar-refractivity contribution in [1.82, 2.24) is 0 Å². The van der Waals surface area contributed by atoms with Crippen molar-refractivity contribution < 1.29 is 14.3 Å². The van der Waals surface area contributed by atoms with Gasteiger partial charge in [-0.25, -0.2) is 0 Å². The van der Waals surface area contributed by atoms with Crippen molar-refractivity contribution in [3.63, 3.8) is 0 Å². The number of primary amides is 1. The molecule has 1 saturated carbocycles. The molecule has 136 valence electrons. The summed E-state index contributed by atoms with van der Waals surface area (Å²) in [5, 5.41) is 0. The highest BCUT2D eigenvalue weighted by Crippen LogP contribution is 2.40. The van der Waals surface area contributed by atoms with Gasteiger partial charge in [0.05, 0.1) is 6.42 Å². The van der Waals surface area contributed by atoms with Gasteiger partial charge in [0.1, 0.15) is 12.4 Å². The molecule has 4 nitrogen and oxygen atoms in total. The second kappa shape index (κ2) is 9.27. The molecule has 1 atom stereocenters. The average Bonchev–Trinajstić information content (AvgIpc) is 2.58. The Kier molecular flexibility index (Phi) is 7.07. The minimum Gasteiger partial charge on any atom is -0.488 e. The number of ketones is 1. The van der Waals surface area contributed by atoms with E-state index in [1.807, 2.05) is 6.08 Å². The van der Waals surface area contributed by atoms with Gasteiger partial charge in [-0.1, -0.05) is 30.9 Å². The van der Waals surface area contributed by atoms with Crippen LogP contribution in [0.5, 0.6) is 5.75 Å². The van der Waals surface area contributed by atoms with Crippen molar-refractivity contribution in [3.05, 3.63) is 65.9 Å². The van der Waals surface area contributed by atoms with Gasteiger partial charge >= 0.3 is 0 Å². The fourth-order valence-electron chi connectivity index (χ4n) is 2.90. The fraction of sp³-hybridized carbons (Fsp3) is 0.286. The van der Waals surface area contributed by atoms with Crippen LogP contribution in [-0.4, -0.2) is 18.3 Å². The highest BCUT2D eigenvalue weighted by molar-refractivity contribution is 7.80. The van der Waals surface area contributed by atoms with Crippen LogP contribution in [0, 0.1) is 5.92 Å². The summed E-state index contributed by atoms with van der Waals surface area (Å²) >= 11 is 4.37. The molecule has 2 rings (SSSR count). The molecule has 1 fully saturated rings. The Labute approximate surface area is 159 Å². The van der Waals surface area contributed by atoms with Crippen molar-refractivity contribution in [3.8, 4) is 5.75 Å². The molecule has 1 aliphatic carbocycles. The van der Waals surface area contributed by atoms with E-state index in [0.29, 0.717) is 29.2 Å². The first-order valence-corrected chi connectivity index (χ1v) is 8.87. The molecule has 1 aromatic carbocycles. The second-order valence-corrected chi connectivity index (χ2v) is 6.61. The van der Waals surface area contributed by atoms with Crippen LogP contribution in [0.25, 0.3) is 0 Å². The van der Waals surface area contributed by atoms with E-state index < -0.39 is 5.91 Å². The van der Waals surface area contributed by atoms with E-state index in [1.165, 1.54) is 0 Å². The lowest BCUT2D eigenvalue weighted by molar-refractivity contribution is -0.117. The first kappa shape index (κ1) is 19.8. The zero-order valence-corrected chi connectivity index (χ0v) is 15.6. The van der Waals surface area contributed by atoms with Crippen molar-refractivity contribution in [2.75, 3.05) is 6.61 Å². The van der Waals surface area contributed by atoms with Gasteiger partial charge in [-0.15, -0.1) is 18.4 Å². The monoisotopic (exact) mass is 369 g/mol. The highest BCUT2D eigenvalue weighted by Gasteiger charge is 2.28. The van der Waals surface area contributed by atoms with E-state index in [4.69, 9.17) is 10.5 Å². The third kappa shape index (κ3) is 5.01. The molecule has 26 heavy (non-hydrogen) atoms. The van der Waals surface area contributed by atoms with Gasteiger partial charge in [0.2, 0.25) is 5.91 Å². The maximum atomic E-state index is 12.4. The van der Waals surface area contributed by atoms with E-state index in [2.05, 4.69) is 31.5 Å². The van der Waals surface area contributed by atoms with Crippen molar-refractivity contribution >= 4 is 24.3 Å². The number of hydrogen-bond donors (Lipinski definition) is 2. The predicted molar refractivity (Wildman–Crippen MR) is 106 cm³/mol. The second-order valence-electron chi connectivity index (χ2n) is 6.12. The molecule has 2 N–H and O–H groups in total. The summed E-state index contributed by atoms with van der Waals surface area (Å²) in [6.07, 6.45) is 5.89. The number of nitrogens with two attached hydrogens (primary N) is 1. The van der Waals surface area contributed by atoms with E-state index in [0.717, 1.165) is 24.0 Å². The summed E-state index contributed by atoms with van der Waals surface area (Å²) < 4.78 is 5.46. The number of amides is 1. The molecule has 0 heterocycles. The number of carbonyl (C=O) groups excluding carboxylic acids is 2. The van der Waals surface area contributed by atoms with E-state index >= 15 is 0 Å². The molecule has 0 aromatic heterocycles. The molecule has 0 saturated heterocycles. The molecule has 1 aromatic rings. The van der Waals surface area contributed by atoms with Crippen molar-refractivity contribution in [2.24, 2.45) is 11.7 Å². The van der Waals surface area contributed by atoms with Crippen LogP contribution in [-0.2, 0) is 4.79 Å². The largest absolute Gasteiger partial charge is 0.488 e. The lowest BCUT2D eigenvalue weighted by Crippen LogP contribution is -2.22. The Bertz CT molecular complexity index is 803. The molecular formula is C21H23NO3S. The van der Waals surface area contributed by atoms with E-state index in [-0.39, 0.29) is 18.1 Å². The quantitative estimate of drug-likeness (QED) is 0.299. The Morgan fingerprint density at radius 3 is 2.73 bits per heavy atom. The first-order chi connectivity index (χ1) is 12.5. The van der Waals surface area contributed by atoms with Crippen LogP contribution in [0.15, 0.2) is 65.3 Å². The maximum absolute atomic E-state index is 12.4. The number of Topliss-reactive ketones (excluding diaryl/α,β-unsaturated/α-hetero) is 1. The molecule has 0 aliphatic heterocycles. The van der Waals surface area contributed by atoms with Gasteiger partial charge in [0.15, 0.2) is 5.78 Å². The summed E-state index contributed by atoms with van der Waals surface area (Å²) in [4.78, 5) is 24.2. The Morgan fingerprint density at radius 2 is 2.19 bits per heavy atom. The number of ether oxygens (including phenoxy) is 1. The number of benzene rings is 1.